The van der Waals surface area contributed by atoms with Gasteiger partial charge in [-0.05, 0) is 17.7 Å². The molecule has 6 heteroatoms. The summed E-state index contributed by atoms with van der Waals surface area (Å²) in [6, 6.07) is 3.64. The number of rotatable bonds is 2. The van der Waals surface area contributed by atoms with Crippen molar-refractivity contribution in [2.75, 3.05) is 39.5 Å². The van der Waals surface area contributed by atoms with E-state index in [1.165, 1.54) is 0 Å². The predicted molar refractivity (Wildman–Crippen MR) is 78.2 cm³/mol. The van der Waals surface area contributed by atoms with Gasteiger partial charge in [0.2, 0.25) is 5.91 Å². The van der Waals surface area contributed by atoms with E-state index >= 15 is 0 Å². The van der Waals surface area contributed by atoms with Crippen LogP contribution in [0.1, 0.15) is 12.0 Å². The van der Waals surface area contributed by atoms with Gasteiger partial charge in [0.1, 0.15) is 0 Å². The van der Waals surface area contributed by atoms with Crippen molar-refractivity contribution in [3.63, 3.8) is 0 Å². The standard InChI is InChI=1S/C15H18ClNO4/c16-12-8-11(9-13-15(12)21-5-1-4-20-13)10-14(18)17-2-6-19-7-3-17/h8-9H,1-7,10H2. The van der Waals surface area contributed by atoms with Crippen molar-refractivity contribution in [2.24, 2.45) is 0 Å². The fraction of sp³-hybridized carbons (Fsp3) is 0.533. The van der Waals surface area contributed by atoms with Crippen molar-refractivity contribution in [2.45, 2.75) is 12.8 Å². The molecular weight excluding hydrogens is 294 g/mol. The van der Waals surface area contributed by atoms with E-state index in [-0.39, 0.29) is 5.91 Å². The van der Waals surface area contributed by atoms with Gasteiger partial charge in [0.05, 0.1) is 37.9 Å². The molecule has 0 aromatic heterocycles. The van der Waals surface area contributed by atoms with Crippen molar-refractivity contribution < 1.29 is 19.0 Å². The van der Waals surface area contributed by atoms with Crippen LogP contribution in [0.4, 0.5) is 0 Å². The van der Waals surface area contributed by atoms with Crippen LogP contribution in [0.5, 0.6) is 11.5 Å². The Morgan fingerprint density at radius 1 is 1.14 bits per heavy atom. The highest BCUT2D eigenvalue weighted by Crippen LogP contribution is 2.38. The van der Waals surface area contributed by atoms with Gasteiger partial charge >= 0.3 is 0 Å². The molecule has 5 nitrogen and oxygen atoms in total. The minimum absolute atomic E-state index is 0.0869. The molecule has 0 bridgehead atoms. The Kier molecular flexibility index (Phi) is 4.51. The first-order chi connectivity index (χ1) is 10.2. The second-order valence-corrected chi connectivity index (χ2v) is 5.53. The number of hydrogen-bond donors (Lipinski definition) is 0. The SMILES string of the molecule is O=C(Cc1cc(Cl)c2c(c1)OCCCO2)N1CCOCC1. The predicted octanol–water partition coefficient (Wildman–Crippen LogP) is 1.90. The molecule has 1 aromatic rings. The Bertz CT molecular complexity index is 529. The van der Waals surface area contributed by atoms with Gasteiger partial charge in [0, 0.05) is 19.5 Å². The fourth-order valence-electron chi connectivity index (χ4n) is 2.49. The lowest BCUT2D eigenvalue weighted by molar-refractivity contribution is -0.134. The molecule has 1 saturated heterocycles. The summed E-state index contributed by atoms with van der Waals surface area (Å²) in [6.07, 6.45) is 1.14. The highest BCUT2D eigenvalue weighted by molar-refractivity contribution is 6.32. The average molecular weight is 312 g/mol. The molecule has 0 N–H and O–H groups in total. The third-order valence-corrected chi connectivity index (χ3v) is 3.86. The van der Waals surface area contributed by atoms with Gasteiger partial charge in [-0.3, -0.25) is 4.79 Å². The maximum Gasteiger partial charge on any atom is 0.227 e. The van der Waals surface area contributed by atoms with E-state index in [9.17, 15) is 4.79 Å². The molecule has 1 fully saturated rings. The number of nitrogens with zero attached hydrogens (tertiary/aromatic N) is 1. The van der Waals surface area contributed by atoms with Crippen LogP contribution < -0.4 is 9.47 Å². The van der Waals surface area contributed by atoms with Gasteiger partial charge in [-0.15, -0.1) is 0 Å². The molecule has 0 saturated carbocycles. The second kappa shape index (κ2) is 6.54. The van der Waals surface area contributed by atoms with Gasteiger partial charge in [-0.1, -0.05) is 11.6 Å². The van der Waals surface area contributed by atoms with Crippen molar-refractivity contribution >= 4 is 17.5 Å². The minimum Gasteiger partial charge on any atom is -0.489 e. The number of hydrogen-bond acceptors (Lipinski definition) is 4. The molecule has 2 aliphatic rings. The molecule has 0 aliphatic carbocycles. The van der Waals surface area contributed by atoms with Crippen LogP contribution in [0.2, 0.25) is 5.02 Å². The van der Waals surface area contributed by atoms with Gasteiger partial charge < -0.3 is 19.1 Å². The lowest BCUT2D eigenvalue weighted by atomic mass is 10.1. The minimum atomic E-state index is 0.0869. The molecule has 114 valence electrons. The monoisotopic (exact) mass is 311 g/mol. The molecule has 0 radical (unpaired) electrons. The zero-order valence-electron chi connectivity index (χ0n) is 11.8. The maximum atomic E-state index is 12.3. The number of ether oxygens (including phenoxy) is 3. The third-order valence-electron chi connectivity index (χ3n) is 3.58. The average Bonchev–Trinajstić information content (AvgIpc) is 2.74. The normalized spacial score (nSPS) is 18.2. The molecule has 1 amide bonds. The number of carbonyl (C=O) groups excluding carboxylic acids is 1. The number of benzene rings is 1. The summed E-state index contributed by atoms with van der Waals surface area (Å²) in [7, 11) is 0. The summed E-state index contributed by atoms with van der Waals surface area (Å²) in [5.41, 5.74) is 0.848. The van der Waals surface area contributed by atoms with E-state index in [2.05, 4.69) is 0 Å². The Morgan fingerprint density at radius 3 is 2.71 bits per heavy atom. The molecule has 2 aliphatic heterocycles. The highest BCUT2D eigenvalue weighted by Gasteiger charge is 2.20. The molecular formula is C15H18ClNO4. The maximum absolute atomic E-state index is 12.3. The lowest BCUT2D eigenvalue weighted by Crippen LogP contribution is -2.41. The van der Waals surface area contributed by atoms with E-state index in [0.717, 1.165) is 12.0 Å². The Balaban J connectivity index is 1.74. The zero-order valence-corrected chi connectivity index (χ0v) is 12.5. The molecule has 0 atom stereocenters. The smallest absolute Gasteiger partial charge is 0.227 e. The van der Waals surface area contributed by atoms with Gasteiger partial charge in [-0.2, -0.15) is 0 Å². The second-order valence-electron chi connectivity index (χ2n) is 5.13. The number of amides is 1. The zero-order chi connectivity index (χ0) is 14.7. The Hall–Kier alpha value is -1.46. The summed E-state index contributed by atoms with van der Waals surface area (Å²) in [5.74, 6) is 1.30. The van der Waals surface area contributed by atoms with E-state index in [1.807, 2.05) is 11.0 Å². The highest BCUT2D eigenvalue weighted by atomic mass is 35.5. The summed E-state index contributed by atoms with van der Waals surface area (Å²) < 4.78 is 16.5. The summed E-state index contributed by atoms with van der Waals surface area (Å²) in [5, 5.41) is 0.499. The first-order valence-electron chi connectivity index (χ1n) is 7.17. The van der Waals surface area contributed by atoms with Crippen LogP contribution in [-0.2, 0) is 16.0 Å². The number of carbonyl (C=O) groups is 1. The molecule has 3 rings (SSSR count). The summed E-state index contributed by atoms with van der Waals surface area (Å²) in [4.78, 5) is 14.1. The van der Waals surface area contributed by atoms with Crippen molar-refractivity contribution in [3.8, 4) is 11.5 Å². The van der Waals surface area contributed by atoms with E-state index in [0.29, 0.717) is 62.5 Å². The van der Waals surface area contributed by atoms with Crippen LogP contribution in [0.3, 0.4) is 0 Å². The van der Waals surface area contributed by atoms with Gasteiger partial charge in [-0.25, -0.2) is 0 Å². The first kappa shape index (κ1) is 14.5. The van der Waals surface area contributed by atoms with Crippen molar-refractivity contribution in [3.05, 3.63) is 22.7 Å². The van der Waals surface area contributed by atoms with Crippen molar-refractivity contribution in [1.82, 2.24) is 4.90 Å². The first-order valence-corrected chi connectivity index (χ1v) is 7.55. The summed E-state index contributed by atoms with van der Waals surface area (Å²) in [6.45, 7) is 3.71. The Morgan fingerprint density at radius 2 is 1.90 bits per heavy atom. The van der Waals surface area contributed by atoms with Crippen LogP contribution in [0.15, 0.2) is 12.1 Å². The number of halogens is 1. The quantitative estimate of drug-likeness (QED) is 0.837. The van der Waals surface area contributed by atoms with Crippen LogP contribution in [0.25, 0.3) is 0 Å². The third kappa shape index (κ3) is 3.41. The van der Waals surface area contributed by atoms with Crippen molar-refractivity contribution in [1.29, 1.82) is 0 Å². The topological polar surface area (TPSA) is 48.0 Å². The summed E-state index contributed by atoms with van der Waals surface area (Å²) >= 11 is 6.24. The number of fused-ring (bicyclic) bond motifs is 1. The lowest BCUT2D eigenvalue weighted by Gasteiger charge is -2.27. The van der Waals surface area contributed by atoms with E-state index in [4.69, 9.17) is 25.8 Å². The number of morpholine rings is 1. The molecule has 21 heavy (non-hydrogen) atoms. The molecule has 0 unspecified atom stereocenters. The fourth-order valence-corrected chi connectivity index (χ4v) is 2.77. The largest absolute Gasteiger partial charge is 0.489 e. The van der Waals surface area contributed by atoms with Crippen LogP contribution in [-0.4, -0.2) is 50.3 Å². The van der Waals surface area contributed by atoms with Crippen LogP contribution >= 0.6 is 11.6 Å². The van der Waals surface area contributed by atoms with E-state index in [1.54, 1.807) is 6.07 Å². The molecule has 0 spiro atoms. The molecule has 1 aromatic carbocycles. The van der Waals surface area contributed by atoms with E-state index < -0.39 is 0 Å². The Labute approximate surface area is 128 Å². The van der Waals surface area contributed by atoms with Gasteiger partial charge in [0.15, 0.2) is 11.5 Å². The molecule has 2 heterocycles. The van der Waals surface area contributed by atoms with Gasteiger partial charge in [0.25, 0.3) is 0 Å². The van der Waals surface area contributed by atoms with Crippen LogP contribution in [0, 0.1) is 0 Å².